The molecular weight excluding hydrogens is 479 g/mol. The number of nitrogens with zero attached hydrogens (tertiary/aromatic N) is 1. The third kappa shape index (κ3) is 7.54. The number of rotatable bonds is 9. The van der Waals surface area contributed by atoms with E-state index in [1.165, 1.54) is 23.9 Å². The predicted octanol–water partition coefficient (Wildman–Crippen LogP) is 6.24. The lowest BCUT2D eigenvalue weighted by molar-refractivity contribution is -0.274. The zero-order valence-electron chi connectivity index (χ0n) is 19.7. The summed E-state index contributed by atoms with van der Waals surface area (Å²) >= 11 is 1.27. The Kier molecular flexibility index (Phi) is 8.50. The van der Waals surface area contributed by atoms with E-state index in [1.54, 1.807) is 19.4 Å². The van der Waals surface area contributed by atoms with E-state index < -0.39 is 6.36 Å². The average Bonchev–Trinajstić information content (AvgIpc) is 2.78. The lowest BCUT2D eigenvalue weighted by Crippen LogP contribution is -2.20. The Balaban J connectivity index is 1.69. The van der Waals surface area contributed by atoms with Gasteiger partial charge in [0.15, 0.2) is 0 Å². The van der Waals surface area contributed by atoms with E-state index in [1.807, 2.05) is 38.1 Å². The summed E-state index contributed by atoms with van der Waals surface area (Å²) in [6.45, 7) is 6.19. The van der Waals surface area contributed by atoms with Crippen molar-refractivity contribution in [3.05, 3.63) is 70.9 Å². The maximum Gasteiger partial charge on any atom is 0.573 e. The number of carbonyl (C=O) groups is 1. The fourth-order valence-corrected chi connectivity index (χ4v) is 3.95. The number of ether oxygens (including phenoxy) is 2. The summed E-state index contributed by atoms with van der Waals surface area (Å²) in [5.41, 5.74) is 2.83. The zero-order valence-corrected chi connectivity index (χ0v) is 20.5. The molecule has 0 aliphatic carbocycles. The van der Waals surface area contributed by atoms with Crippen LogP contribution in [-0.4, -0.2) is 29.6 Å². The highest BCUT2D eigenvalue weighted by Crippen LogP contribution is 2.26. The number of hydrogen-bond donors (Lipinski definition) is 2. The minimum absolute atomic E-state index is 0.0624. The summed E-state index contributed by atoms with van der Waals surface area (Å²) in [5, 5.41) is 6.95. The summed E-state index contributed by atoms with van der Waals surface area (Å²) in [6.07, 6.45) is -1.20. The van der Waals surface area contributed by atoms with Crippen LogP contribution in [0.25, 0.3) is 10.9 Å². The molecule has 1 amide bonds. The molecule has 0 saturated heterocycles. The Labute approximate surface area is 205 Å². The first-order valence-corrected chi connectivity index (χ1v) is 12.0. The van der Waals surface area contributed by atoms with Crippen molar-refractivity contribution in [2.75, 3.05) is 11.6 Å². The molecule has 0 bridgehead atoms. The van der Waals surface area contributed by atoms with E-state index in [-0.39, 0.29) is 17.8 Å². The van der Waals surface area contributed by atoms with E-state index in [0.29, 0.717) is 22.8 Å². The van der Waals surface area contributed by atoms with Gasteiger partial charge in [0.25, 0.3) is 5.91 Å². The van der Waals surface area contributed by atoms with E-state index in [9.17, 15) is 18.0 Å². The molecule has 0 saturated carbocycles. The zero-order chi connectivity index (χ0) is 25.6. The number of halogens is 3. The van der Waals surface area contributed by atoms with E-state index >= 15 is 0 Å². The van der Waals surface area contributed by atoms with Crippen molar-refractivity contribution in [2.45, 2.75) is 39.8 Å². The second kappa shape index (κ2) is 11.4. The number of anilines is 1. The summed E-state index contributed by atoms with van der Waals surface area (Å²) in [4.78, 5) is 17.7. The predicted molar refractivity (Wildman–Crippen MR) is 132 cm³/mol. The molecule has 2 N–H and O–H groups in total. The second-order valence-corrected chi connectivity index (χ2v) is 8.67. The molecule has 3 rings (SSSR count). The third-order valence-corrected chi connectivity index (χ3v) is 5.72. The normalized spacial score (nSPS) is 12.3. The highest BCUT2D eigenvalue weighted by atomic mass is 32.2. The number of benzene rings is 2. The molecule has 0 radical (unpaired) electrons. The molecule has 35 heavy (non-hydrogen) atoms. The lowest BCUT2D eigenvalue weighted by atomic mass is 10.1. The Bertz CT molecular complexity index is 1210. The summed E-state index contributed by atoms with van der Waals surface area (Å²) in [6, 6.07) is 12.7. The number of hydrogen-bond acceptors (Lipinski definition) is 6. The molecule has 6 nitrogen and oxygen atoms in total. The van der Waals surface area contributed by atoms with Crippen LogP contribution >= 0.6 is 11.8 Å². The fraction of sp³-hybridized carbons (Fsp3) is 0.280. The molecule has 3 aromatic rings. The number of amides is 1. The van der Waals surface area contributed by atoms with Crippen molar-refractivity contribution in [3.63, 3.8) is 0 Å². The van der Waals surface area contributed by atoms with Crippen LogP contribution < -0.4 is 20.1 Å². The minimum atomic E-state index is -4.77. The van der Waals surface area contributed by atoms with Gasteiger partial charge in [-0.15, -0.1) is 24.9 Å². The number of aromatic nitrogens is 1. The van der Waals surface area contributed by atoms with Crippen molar-refractivity contribution in [1.29, 1.82) is 0 Å². The molecule has 0 atom stereocenters. The standard InChI is InChI=1S/C25H26F3N3O3S/c1-15(2)33-20-9-10-21-17(11-12-29-22(21)13-20)14-30-16(3)23(35-4)24(32)31-18-5-7-19(8-6-18)34-25(26,27)28/h5-13,15,30H,14H2,1-4H3,(H,31,32)/b23-16+. The maximum atomic E-state index is 12.8. The molecule has 0 fully saturated rings. The highest BCUT2D eigenvalue weighted by Gasteiger charge is 2.31. The van der Waals surface area contributed by atoms with Crippen LogP contribution in [0, 0.1) is 0 Å². The second-order valence-electron chi connectivity index (χ2n) is 7.85. The van der Waals surface area contributed by atoms with Gasteiger partial charge in [-0.2, -0.15) is 0 Å². The largest absolute Gasteiger partial charge is 0.573 e. The van der Waals surface area contributed by atoms with E-state index in [4.69, 9.17) is 4.74 Å². The van der Waals surface area contributed by atoms with Crippen LogP contribution in [0.3, 0.4) is 0 Å². The first-order chi connectivity index (χ1) is 16.6. The molecule has 1 aromatic heterocycles. The van der Waals surface area contributed by atoms with Crippen molar-refractivity contribution in [2.24, 2.45) is 0 Å². The van der Waals surface area contributed by atoms with Crippen LogP contribution in [0.1, 0.15) is 26.3 Å². The van der Waals surface area contributed by atoms with Gasteiger partial charge in [-0.1, -0.05) is 0 Å². The Morgan fingerprint density at radius 1 is 1.09 bits per heavy atom. The number of nitrogens with one attached hydrogen (secondary N) is 2. The van der Waals surface area contributed by atoms with Crippen molar-refractivity contribution < 1.29 is 27.4 Å². The van der Waals surface area contributed by atoms with Crippen molar-refractivity contribution in [3.8, 4) is 11.5 Å². The Morgan fingerprint density at radius 2 is 1.77 bits per heavy atom. The first-order valence-electron chi connectivity index (χ1n) is 10.8. The van der Waals surface area contributed by atoms with Gasteiger partial charge in [0.05, 0.1) is 16.5 Å². The minimum Gasteiger partial charge on any atom is -0.491 e. The van der Waals surface area contributed by atoms with E-state index in [0.717, 1.165) is 34.3 Å². The van der Waals surface area contributed by atoms with Gasteiger partial charge in [0, 0.05) is 35.6 Å². The van der Waals surface area contributed by atoms with Gasteiger partial charge in [0.2, 0.25) is 0 Å². The Morgan fingerprint density at radius 3 is 2.40 bits per heavy atom. The molecule has 10 heteroatoms. The summed E-state index contributed by atoms with van der Waals surface area (Å²) in [5.74, 6) is 0.0176. The van der Waals surface area contributed by atoms with Gasteiger partial charge >= 0.3 is 6.36 Å². The summed E-state index contributed by atoms with van der Waals surface area (Å²) < 4.78 is 46.6. The third-order valence-electron chi connectivity index (χ3n) is 4.82. The van der Waals surface area contributed by atoms with Gasteiger partial charge in [-0.25, -0.2) is 0 Å². The number of alkyl halides is 3. The van der Waals surface area contributed by atoms with E-state index in [2.05, 4.69) is 20.4 Å². The molecular formula is C25H26F3N3O3S. The Hall–Kier alpha value is -3.40. The SMILES string of the molecule is CS/C(C(=O)Nc1ccc(OC(F)(F)F)cc1)=C(\C)NCc1ccnc2cc(OC(C)C)ccc12. The maximum absolute atomic E-state index is 12.8. The van der Waals surface area contributed by atoms with Crippen LogP contribution in [0.15, 0.2) is 65.3 Å². The highest BCUT2D eigenvalue weighted by molar-refractivity contribution is 8.03. The number of pyridine rings is 1. The molecule has 0 aliphatic heterocycles. The molecule has 0 aliphatic rings. The lowest BCUT2D eigenvalue weighted by Gasteiger charge is -2.15. The topological polar surface area (TPSA) is 72.5 Å². The molecule has 1 heterocycles. The number of thioether (sulfide) groups is 1. The van der Waals surface area contributed by atoms with Crippen LogP contribution in [0.2, 0.25) is 0 Å². The van der Waals surface area contributed by atoms with Crippen LogP contribution in [-0.2, 0) is 11.3 Å². The van der Waals surface area contributed by atoms with Crippen molar-refractivity contribution in [1.82, 2.24) is 10.3 Å². The van der Waals surface area contributed by atoms with Gasteiger partial charge < -0.3 is 20.1 Å². The first kappa shape index (κ1) is 26.2. The molecule has 0 spiro atoms. The number of carbonyl (C=O) groups excluding carboxylic acids is 1. The fourth-order valence-electron chi connectivity index (χ4n) is 3.34. The smallest absolute Gasteiger partial charge is 0.491 e. The van der Waals surface area contributed by atoms with Crippen molar-refractivity contribution >= 4 is 34.3 Å². The number of fused-ring (bicyclic) bond motifs is 1. The van der Waals surface area contributed by atoms with Crippen LogP contribution in [0.5, 0.6) is 11.5 Å². The number of allylic oxidation sites excluding steroid dienone is 1. The van der Waals surface area contributed by atoms with Crippen LogP contribution in [0.4, 0.5) is 18.9 Å². The quantitative estimate of drug-likeness (QED) is 0.335. The summed E-state index contributed by atoms with van der Waals surface area (Å²) in [7, 11) is 0. The monoisotopic (exact) mass is 505 g/mol. The molecule has 2 aromatic carbocycles. The molecule has 0 unspecified atom stereocenters. The van der Waals surface area contributed by atoms with Gasteiger partial charge in [0.1, 0.15) is 11.5 Å². The van der Waals surface area contributed by atoms with Gasteiger partial charge in [-0.3, -0.25) is 9.78 Å². The average molecular weight is 506 g/mol. The molecule has 186 valence electrons. The van der Waals surface area contributed by atoms with Gasteiger partial charge in [-0.05, 0) is 75.1 Å².